The molecule has 3 unspecified atom stereocenters. The summed E-state index contributed by atoms with van der Waals surface area (Å²) in [5.41, 5.74) is 3.45. The predicted molar refractivity (Wildman–Crippen MR) is 96.5 cm³/mol. The van der Waals surface area contributed by atoms with Crippen molar-refractivity contribution in [3.8, 4) is 16.9 Å². The summed E-state index contributed by atoms with van der Waals surface area (Å²) >= 11 is 0. The summed E-state index contributed by atoms with van der Waals surface area (Å²) in [5.74, 6) is 1.99. The second-order valence-corrected chi connectivity index (χ2v) is 6.17. The lowest BCUT2D eigenvalue weighted by atomic mass is 10.0. The van der Waals surface area contributed by atoms with E-state index in [9.17, 15) is 5.11 Å². The summed E-state index contributed by atoms with van der Waals surface area (Å²) in [6.07, 6.45) is 3.78. The zero-order chi connectivity index (χ0) is 16.8. The summed E-state index contributed by atoms with van der Waals surface area (Å²) in [7, 11) is 0. The standard InChI is InChI=1S/C13H12O.C6H10O.C2H6/c1-10-5-2-3-8-13(10)11-6-4-7-12(14)9-11;7-6-2-1-4-3-5(4)6;1-2/h2-9,14H,1H3;4-7H,1-3H2;1-2H3. The molecule has 0 saturated heterocycles. The van der Waals surface area contributed by atoms with E-state index in [1.54, 1.807) is 12.1 Å². The van der Waals surface area contributed by atoms with Crippen LogP contribution in [0.5, 0.6) is 5.75 Å². The molecule has 0 spiro atoms. The lowest BCUT2D eigenvalue weighted by Gasteiger charge is -2.05. The first-order valence-electron chi connectivity index (χ1n) is 8.68. The molecular formula is C21H28O2. The minimum atomic E-state index is 0.0880. The van der Waals surface area contributed by atoms with Gasteiger partial charge in [0.15, 0.2) is 0 Å². The molecule has 2 aromatic carbocycles. The van der Waals surface area contributed by atoms with Crippen molar-refractivity contribution >= 4 is 0 Å². The maximum Gasteiger partial charge on any atom is 0.116 e. The quantitative estimate of drug-likeness (QED) is 0.762. The van der Waals surface area contributed by atoms with Crippen LogP contribution in [0.2, 0.25) is 0 Å². The van der Waals surface area contributed by atoms with Gasteiger partial charge >= 0.3 is 0 Å². The molecule has 0 aliphatic heterocycles. The Morgan fingerprint density at radius 1 is 0.957 bits per heavy atom. The Hall–Kier alpha value is -1.80. The Morgan fingerprint density at radius 3 is 2.17 bits per heavy atom. The number of benzene rings is 2. The van der Waals surface area contributed by atoms with E-state index in [0.29, 0.717) is 5.75 Å². The van der Waals surface area contributed by atoms with Gasteiger partial charge in [-0.25, -0.2) is 0 Å². The van der Waals surface area contributed by atoms with Gasteiger partial charge < -0.3 is 10.2 Å². The van der Waals surface area contributed by atoms with Crippen LogP contribution in [0, 0.1) is 18.8 Å². The molecule has 2 saturated carbocycles. The van der Waals surface area contributed by atoms with E-state index >= 15 is 0 Å². The molecule has 2 heteroatoms. The van der Waals surface area contributed by atoms with Crippen molar-refractivity contribution < 1.29 is 10.2 Å². The van der Waals surface area contributed by atoms with Crippen LogP contribution in [0.3, 0.4) is 0 Å². The maximum atomic E-state index is 9.37. The fourth-order valence-corrected chi connectivity index (χ4v) is 3.24. The second-order valence-electron chi connectivity index (χ2n) is 6.17. The van der Waals surface area contributed by atoms with Crippen LogP contribution in [-0.4, -0.2) is 16.3 Å². The van der Waals surface area contributed by atoms with Gasteiger partial charge in [-0.2, -0.15) is 0 Å². The molecular weight excluding hydrogens is 284 g/mol. The van der Waals surface area contributed by atoms with Crippen LogP contribution in [0.1, 0.15) is 38.7 Å². The Morgan fingerprint density at radius 2 is 1.70 bits per heavy atom. The number of aromatic hydroxyl groups is 1. The number of phenols is 1. The van der Waals surface area contributed by atoms with Crippen LogP contribution in [0.15, 0.2) is 48.5 Å². The fraction of sp³-hybridized carbons (Fsp3) is 0.429. The highest BCUT2D eigenvalue weighted by Crippen LogP contribution is 2.51. The Balaban J connectivity index is 0.000000177. The van der Waals surface area contributed by atoms with Crippen molar-refractivity contribution in [2.45, 2.75) is 46.1 Å². The number of aryl methyl sites for hydroxylation is 1. The van der Waals surface area contributed by atoms with Crippen LogP contribution < -0.4 is 0 Å². The second kappa shape index (κ2) is 8.16. The molecule has 0 radical (unpaired) electrons. The first-order valence-corrected chi connectivity index (χ1v) is 8.68. The number of hydrogen-bond acceptors (Lipinski definition) is 2. The molecule has 23 heavy (non-hydrogen) atoms. The van der Waals surface area contributed by atoms with E-state index in [1.165, 1.54) is 24.0 Å². The average Bonchev–Trinajstić information content (AvgIpc) is 3.28. The molecule has 2 nitrogen and oxygen atoms in total. The zero-order valence-corrected chi connectivity index (χ0v) is 14.4. The Bertz CT molecular complexity index is 621. The van der Waals surface area contributed by atoms with Crippen molar-refractivity contribution in [1.29, 1.82) is 0 Å². The summed E-state index contributed by atoms with van der Waals surface area (Å²) in [6, 6.07) is 15.5. The summed E-state index contributed by atoms with van der Waals surface area (Å²) < 4.78 is 0. The fourth-order valence-electron chi connectivity index (χ4n) is 3.24. The highest BCUT2D eigenvalue weighted by Gasteiger charge is 2.47. The van der Waals surface area contributed by atoms with Gasteiger partial charge in [-0.15, -0.1) is 0 Å². The number of aliphatic hydroxyl groups is 1. The SMILES string of the molecule is CC.Cc1ccccc1-c1cccc(O)c1.OC1CCC2CC12. The van der Waals surface area contributed by atoms with E-state index in [4.69, 9.17) is 5.11 Å². The van der Waals surface area contributed by atoms with E-state index in [1.807, 2.05) is 38.1 Å². The van der Waals surface area contributed by atoms with Gasteiger partial charge in [-0.1, -0.05) is 50.2 Å². The molecule has 4 rings (SSSR count). The first-order chi connectivity index (χ1) is 11.1. The minimum absolute atomic E-state index is 0.0880. The van der Waals surface area contributed by atoms with E-state index in [-0.39, 0.29) is 6.10 Å². The normalized spacial score (nSPS) is 23.7. The van der Waals surface area contributed by atoms with Crippen molar-refractivity contribution in [3.63, 3.8) is 0 Å². The topological polar surface area (TPSA) is 40.5 Å². The van der Waals surface area contributed by atoms with Crippen LogP contribution in [-0.2, 0) is 0 Å². The highest BCUT2D eigenvalue weighted by molar-refractivity contribution is 5.68. The largest absolute Gasteiger partial charge is 0.508 e. The molecule has 2 aliphatic rings. The molecule has 2 N–H and O–H groups in total. The molecule has 2 aromatic rings. The zero-order valence-electron chi connectivity index (χ0n) is 14.4. The lowest BCUT2D eigenvalue weighted by Crippen LogP contribution is -2.02. The number of aliphatic hydroxyl groups excluding tert-OH is 1. The number of fused-ring (bicyclic) bond motifs is 1. The van der Waals surface area contributed by atoms with Crippen molar-refractivity contribution in [3.05, 3.63) is 54.1 Å². The van der Waals surface area contributed by atoms with E-state index in [0.717, 1.165) is 23.8 Å². The third-order valence-electron chi connectivity index (χ3n) is 4.61. The van der Waals surface area contributed by atoms with Gasteiger partial charge in [0.25, 0.3) is 0 Å². The Kier molecular flexibility index (Phi) is 6.23. The van der Waals surface area contributed by atoms with Gasteiger partial charge in [0.1, 0.15) is 5.75 Å². The molecule has 2 aliphatic carbocycles. The number of rotatable bonds is 1. The van der Waals surface area contributed by atoms with Crippen LogP contribution in [0.25, 0.3) is 11.1 Å². The lowest BCUT2D eigenvalue weighted by molar-refractivity contribution is 0.159. The highest BCUT2D eigenvalue weighted by atomic mass is 16.3. The van der Waals surface area contributed by atoms with Gasteiger partial charge in [0.05, 0.1) is 6.10 Å². The number of hydrogen-bond donors (Lipinski definition) is 2. The summed E-state index contributed by atoms with van der Waals surface area (Å²) in [4.78, 5) is 0. The van der Waals surface area contributed by atoms with Crippen LogP contribution >= 0.6 is 0 Å². The minimum Gasteiger partial charge on any atom is -0.508 e. The monoisotopic (exact) mass is 312 g/mol. The summed E-state index contributed by atoms with van der Waals surface area (Å²) in [5, 5.41) is 18.4. The van der Waals surface area contributed by atoms with Crippen LogP contribution in [0.4, 0.5) is 0 Å². The molecule has 0 amide bonds. The molecule has 0 aromatic heterocycles. The van der Waals surface area contributed by atoms with Crippen molar-refractivity contribution in [1.82, 2.24) is 0 Å². The van der Waals surface area contributed by atoms with Gasteiger partial charge in [0, 0.05) is 0 Å². The molecule has 0 heterocycles. The maximum absolute atomic E-state index is 9.37. The smallest absolute Gasteiger partial charge is 0.116 e. The van der Waals surface area contributed by atoms with Gasteiger partial charge in [-0.05, 0) is 66.8 Å². The predicted octanol–water partition coefficient (Wildman–Crippen LogP) is 5.17. The summed E-state index contributed by atoms with van der Waals surface area (Å²) in [6.45, 7) is 6.07. The number of phenolic OH excluding ortho intramolecular Hbond substituents is 1. The van der Waals surface area contributed by atoms with E-state index < -0.39 is 0 Å². The molecule has 2 fully saturated rings. The average molecular weight is 312 g/mol. The first kappa shape index (κ1) is 17.6. The van der Waals surface area contributed by atoms with E-state index in [2.05, 4.69) is 19.1 Å². The van der Waals surface area contributed by atoms with Crippen molar-refractivity contribution in [2.75, 3.05) is 0 Å². The van der Waals surface area contributed by atoms with Crippen molar-refractivity contribution in [2.24, 2.45) is 11.8 Å². The molecule has 0 bridgehead atoms. The Labute approximate surface area is 139 Å². The third kappa shape index (κ3) is 4.59. The molecule has 3 atom stereocenters. The third-order valence-corrected chi connectivity index (χ3v) is 4.61. The van der Waals surface area contributed by atoms with Gasteiger partial charge in [0.2, 0.25) is 0 Å². The molecule has 124 valence electrons. The van der Waals surface area contributed by atoms with Gasteiger partial charge in [-0.3, -0.25) is 0 Å².